The number of rotatable bonds is 6. The Kier molecular flexibility index (Phi) is 9.05. The summed E-state index contributed by atoms with van der Waals surface area (Å²) in [6.07, 6.45) is 8.52. The smallest absolute Gasteiger partial charge is 0.338 e. The van der Waals surface area contributed by atoms with E-state index in [1.807, 2.05) is 25.3 Å². The molecule has 2 N–H and O–H groups in total. The standard InChI is InChI=1S/C18H17FN4O2S.C15H19N3O3/c1-4-5-22-13-7-12(11(19)6-14(13)25-9-16(22)24)20-17-23-10-18(2,3)8-15(23)21-26-17;1-5-9-6-10(13(19)20)11(16-7-9)12-17-14(21)15(4,18-12)8(2)3/h1,6-7H,5,8-10H2,2-3H3;6-8H,5H2,1-4H3,(H,19,20)(H,17,18,21). The van der Waals surface area contributed by atoms with Crippen LogP contribution in [0, 0.1) is 29.5 Å². The molecule has 3 aliphatic heterocycles. The van der Waals surface area contributed by atoms with E-state index in [1.165, 1.54) is 28.6 Å². The van der Waals surface area contributed by atoms with Crippen LogP contribution in [0.2, 0.25) is 0 Å². The van der Waals surface area contributed by atoms with E-state index in [4.69, 9.17) is 11.2 Å². The van der Waals surface area contributed by atoms with Crippen LogP contribution in [0.5, 0.6) is 5.75 Å². The Bertz CT molecular complexity index is 1920. The van der Waals surface area contributed by atoms with Crippen LogP contribution in [0.15, 0.2) is 34.4 Å². The number of aryl methyl sites for hydroxylation is 1. The van der Waals surface area contributed by atoms with Crippen molar-refractivity contribution in [1.82, 2.24) is 19.2 Å². The predicted molar refractivity (Wildman–Crippen MR) is 174 cm³/mol. The first-order valence-electron chi connectivity index (χ1n) is 15.1. The van der Waals surface area contributed by atoms with Gasteiger partial charge in [-0.1, -0.05) is 40.5 Å². The molecule has 0 spiro atoms. The maximum absolute atomic E-state index is 14.5. The maximum Gasteiger partial charge on any atom is 0.338 e. The number of terminal acetylenes is 1. The van der Waals surface area contributed by atoms with E-state index in [-0.39, 0.29) is 59.1 Å². The lowest BCUT2D eigenvalue weighted by molar-refractivity contribution is -0.124. The Morgan fingerprint density at radius 2 is 2.02 bits per heavy atom. The fraction of sp³-hybridized carbons (Fsp3) is 0.424. The summed E-state index contributed by atoms with van der Waals surface area (Å²) in [4.78, 5) is 50.7. The van der Waals surface area contributed by atoms with Crippen molar-refractivity contribution in [2.24, 2.45) is 21.3 Å². The molecule has 0 fully saturated rings. The van der Waals surface area contributed by atoms with Gasteiger partial charge in [0.15, 0.2) is 18.3 Å². The number of carbonyl (C=O) groups excluding carboxylic acids is 2. The van der Waals surface area contributed by atoms with Crippen molar-refractivity contribution in [3.63, 3.8) is 0 Å². The summed E-state index contributed by atoms with van der Waals surface area (Å²) in [6.45, 7) is 12.5. The number of carboxylic acids is 1. The molecule has 246 valence electrons. The number of anilines is 1. The van der Waals surface area contributed by atoms with E-state index in [9.17, 15) is 23.9 Å². The molecule has 14 heteroatoms. The summed E-state index contributed by atoms with van der Waals surface area (Å²) >= 11 is 1.24. The normalized spacial score (nSPS) is 19.7. The number of amidine groups is 1. The van der Waals surface area contributed by atoms with E-state index in [0.29, 0.717) is 22.7 Å². The first-order valence-corrected chi connectivity index (χ1v) is 15.9. The van der Waals surface area contributed by atoms with E-state index in [1.54, 1.807) is 19.2 Å². The minimum absolute atomic E-state index is 0.00167. The quantitative estimate of drug-likeness (QED) is 0.381. The molecule has 0 bridgehead atoms. The van der Waals surface area contributed by atoms with Crippen LogP contribution in [-0.4, -0.2) is 61.3 Å². The Morgan fingerprint density at radius 3 is 2.66 bits per heavy atom. The molecule has 0 saturated carbocycles. The summed E-state index contributed by atoms with van der Waals surface area (Å²) < 4.78 is 26.3. The molecule has 47 heavy (non-hydrogen) atoms. The summed E-state index contributed by atoms with van der Waals surface area (Å²) in [5, 5.41) is 12.0. The number of fused-ring (bicyclic) bond motifs is 2. The van der Waals surface area contributed by atoms with Gasteiger partial charge in [-0.05, 0) is 42.4 Å². The number of hydrogen-bond donors (Lipinski definition) is 2. The predicted octanol–water partition coefficient (Wildman–Crippen LogP) is 3.89. The zero-order valence-corrected chi connectivity index (χ0v) is 27.9. The van der Waals surface area contributed by atoms with Crippen LogP contribution in [0.1, 0.15) is 69.0 Å². The molecule has 3 aromatic rings. The highest BCUT2D eigenvalue weighted by Crippen LogP contribution is 2.37. The lowest BCUT2D eigenvalue weighted by atomic mass is 9.89. The van der Waals surface area contributed by atoms with Gasteiger partial charge in [-0.15, -0.1) is 6.42 Å². The number of nitrogens with zero attached hydrogens (tertiary/aromatic N) is 6. The number of aromatic nitrogens is 3. The third-order valence-corrected chi connectivity index (χ3v) is 9.18. The Hall–Kier alpha value is -4.90. The van der Waals surface area contributed by atoms with E-state index < -0.39 is 17.3 Å². The Balaban J connectivity index is 0.000000189. The summed E-state index contributed by atoms with van der Waals surface area (Å²) in [5.74, 6) is 1.84. The number of benzene rings is 1. The van der Waals surface area contributed by atoms with Gasteiger partial charge in [0.05, 0.1) is 17.8 Å². The molecule has 3 aliphatic rings. The van der Waals surface area contributed by atoms with Gasteiger partial charge in [0.2, 0.25) is 4.80 Å². The number of halogens is 1. The molecule has 0 radical (unpaired) electrons. The van der Waals surface area contributed by atoms with Crippen LogP contribution in [0.4, 0.5) is 15.8 Å². The third-order valence-electron chi connectivity index (χ3n) is 8.40. The van der Waals surface area contributed by atoms with E-state index >= 15 is 0 Å². The van der Waals surface area contributed by atoms with Crippen molar-refractivity contribution in [1.29, 1.82) is 0 Å². The zero-order valence-electron chi connectivity index (χ0n) is 27.0. The molecule has 0 saturated heterocycles. The van der Waals surface area contributed by atoms with Crippen LogP contribution in [0.25, 0.3) is 0 Å². The Labute approximate surface area is 275 Å². The first kappa shape index (κ1) is 33.5. The zero-order chi connectivity index (χ0) is 34.3. The van der Waals surface area contributed by atoms with Crippen molar-refractivity contribution in [2.75, 3.05) is 18.1 Å². The third kappa shape index (κ3) is 6.53. The number of ether oxygens (including phenoxy) is 1. The van der Waals surface area contributed by atoms with Gasteiger partial charge in [-0.25, -0.2) is 19.2 Å². The maximum atomic E-state index is 14.5. The highest BCUT2D eigenvalue weighted by Gasteiger charge is 2.43. The second-order valence-electron chi connectivity index (χ2n) is 12.8. The van der Waals surface area contributed by atoms with Crippen molar-refractivity contribution >= 4 is 46.5 Å². The average molecular weight is 662 g/mol. The van der Waals surface area contributed by atoms with Gasteiger partial charge in [0.25, 0.3) is 11.8 Å². The summed E-state index contributed by atoms with van der Waals surface area (Å²) in [5.41, 5.74) is 0.875. The molecule has 12 nitrogen and oxygen atoms in total. The SMILES string of the molecule is C#CCN1C(=O)COc2cc(F)c(N=c3snc4n3CC(C)(C)C4)cc21.CCc1cnc(C2=NC(C)(C(C)C)C(=O)N2)c(C(=O)O)c1. The Morgan fingerprint density at radius 1 is 1.28 bits per heavy atom. The number of carboxylic acid groups (broad SMARTS) is 1. The second kappa shape index (κ2) is 12.7. The number of carbonyl (C=O) groups is 3. The largest absolute Gasteiger partial charge is 0.481 e. The molecule has 2 aromatic heterocycles. The molecule has 0 aliphatic carbocycles. The highest BCUT2D eigenvalue weighted by molar-refractivity contribution is 7.02. The van der Waals surface area contributed by atoms with Crippen molar-refractivity contribution in [2.45, 2.75) is 66.5 Å². The number of aromatic carboxylic acids is 1. The van der Waals surface area contributed by atoms with Crippen LogP contribution in [0.3, 0.4) is 0 Å². The van der Waals surface area contributed by atoms with Crippen LogP contribution in [-0.2, 0) is 29.0 Å². The fourth-order valence-corrected chi connectivity index (χ4v) is 6.11. The lowest BCUT2D eigenvalue weighted by Gasteiger charge is -2.28. The average Bonchev–Trinajstić information content (AvgIpc) is 3.64. The van der Waals surface area contributed by atoms with Crippen LogP contribution >= 0.6 is 11.5 Å². The van der Waals surface area contributed by atoms with Gasteiger partial charge < -0.3 is 19.7 Å². The van der Waals surface area contributed by atoms with Gasteiger partial charge in [-0.2, -0.15) is 4.37 Å². The van der Waals surface area contributed by atoms with E-state index in [0.717, 1.165) is 24.4 Å². The molecule has 6 rings (SSSR count). The molecule has 1 unspecified atom stereocenters. The highest BCUT2D eigenvalue weighted by atomic mass is 32.1. The molecule has 1 aromatic carbocycles. The van der Waals surface area contributed by atoms with Gasteiger partial charge in [0, 0.05) is 36.8 Å². The molecule has 2 amide bonds. The minimum Gasteiger partial charge on any atom is -0.481 e. The molecular weight excluding hydrogens is 625 g/mol. The summed E-state index contributed by atoms with van der Waals surface area (Å²) in [6, 6.07) is 4.33. The monoisotopic (exact) mass is 661 g/mol. The number of amides is 2. The summed E-state index contributed by atoms with van der Waals surface area (Å²) in [7, 11) is 0. The number of aliphatic imine (C=N–C) groups is 1. The topological polar surface area (TPSA) is 151 Å². The lowest BCUT2D eigenvalue weighted by Crippen LogP contribution is -2.41. The van der Waals surface area contributed by atoms with Gasteiger partial charge >= 0.3 is 5.97 Å². The minimum atomic E-state index is -1.08. The number of hydrogen-bond acceptors (Lipinski definition) is 9. The fourth-order valence-electron chi connectivity index (χ4n) is 5.35. The molecule has 5 heterocycles. The first-order chi connectivity index (χ1) is 22.2. The molecular formula is C33H36FN7O5S. The van der Waals surface area contributed by atoms with Gasteiger partial charge in [-0.3, -0.25) is 19.5 Å². The second-order valence-corrected chi connectivity index (χ2v) is 13.5. The van der Waals surface area contributed by atoms with Crippen molar-refractivity contribution in [3.8, 4) is 18.1 Å². The van der Waals surface area contributed by atoms with Crippen molar-refractivity contribution < 1.29 is 28.6 Å². The van der Waals surface area contributed by atoms with Gasteiger partial charge in [0.1, 0.15) is 28.5 Å². The molecule has 1 atom stereocenters. The van der Waals surface area contributed by atoms with E-state index in [2.05, 4.69) is 44.4 Å². The number of nitrogens with one attached hydrogen (secondary N) is 1. The van der Waals surface area contributed by atoms with Crippen LogP contribution < -0.4 is 19.8 Å². The number of pyridine rings is 1. The van der Waals surface area contributed by atoms with Crippen molar-refractivity contribution in [3.05, 3.63) is 57.7 Å².